The zero-order chi connectivity index (χ0) is 17.9. The molecular weight excluding hydrogens is 336 g/mol. The van der Waals surface area contributed by atoms with E-state index in [1.54, 1.807) is 0 Å². The molecule has 2 fully saturated rings. The molecule has 1 unspecified atom stereocenters. The average molecular weight is 362 g/mol. The number of carbonyl (C=O) groups excluding carboxylic acids is 1. The Morgan fingerprint density at radius 3 is 2.84 bits per heavy atom. The third kappa shape index (κ3) is 4.18. The van der Waals surface area contributed by atoms with Gasteiger partial charge in [0, 0.05) is 12.3 Å². The van der Waals surface area contributed by atoms with Crippen LogP contribution in [0.2, 0.25) is 0 Å². The molecule has 3 rings (SSSR count). The second-order valence-electron chi connectivity index (χ2n) is 7.05. The molecule has 7 heteroatoms. The van der Waals surface area contributed by atoms with Gasteiger partial charge < -0.3 is 14.6 Å². The van der Waals surface area contributed by atoms with Gasteiger partial charge in [0.1, 0.15) is 5.54 Å². The lowest BCUT2D eigenvalue weighted by Crippen LogP contribution is -2.45. The third-order valence-corrected chi connectivity index (χ3v) is 6.19. The number of aryl methyl sites for hydroxylation is 1. The van der Waals surface area contributed by atoms with Gasteiger partial charge in [-0.2, -0.15) is 5.26 Å². The van der Waals surface area contributed by atoms with E-state index in [1.807, 2.05) is 6.92 Å². The molecule has 1 atom stereocenters. The lowest BCUT2D eigenvalue weighted by Gasteiger charge is -2.21. The van der Waals surface area contributed by atoms with Gasteiger partial charge in [0.2, 0.25) is 5.91 Å². The summed E-state index contributed by atoms with van der Waals surface area (Å²) in [6.07, 6.45) is 5.94. The standard InChI is InChI=1S/C18H26N4O2S/c1-13-14(2)22(10-15-6-5-9-24-15)17(20-13)25-11-16(23)21-18(12-19)7-3-4-8-18/h15H,3-11H2,1-2H3,(H,21,23). The van der Waals surface area contributed by atoms with E-state index in [0.29, 0.717) is 0 Å². The lowest BCUT2D eigenvalue weighted by atomic mass is 10.0. The van der Waals surface area contributed by atoms with Gasteiger partial charge in [0.05, 0.1) is 30.2 Å². The van der Waals surface area contributed by atoms with Crippen LogP contribution in [0, 0.1) is 25.2 Å². The summed E-state index contributed by atoms with van der Waals surface area (Å²) in [7, 11) is 0. The molecule has 0 radical (unpaired) electrons. The lowest BCUT2D eigenvalue weighted by molar-refractivity contribution is -0.119. The minimum atomic E-state index is -0.656. The molecule has 0 bridgehead atoms. The number of rotatable bonds is 6. The van der Waals surface area contributed by atoms with Gasteiger partial charge in [-0.05, 0) is 52.4 Å². The van der Waals surface area contributed by atoms with Gasteiger partial charge in [-0.1, -0.05) is 11.8 Å². The van der Waals surface area contributed by atoms with Crippen LogP contribution in [0.4, 0.5) is 0 Å². The van der Waals surface area contributed by atoms with Crippen molar-refractivity contribution in [3.8, 4) is 6.07 Å². The van der Waals surface area contributed by atoms with Crippen LogP contribution in [0.15, 0.2) is 5.16 Å². The summed E-state index contributed by atoms with van der Waals surface area (Å²) in [5.74, 6) is 0.195. The van der Waals surface area contributed by atoms with Crippen molar-refractivity contribution in [2.24, 2.45) is 0 Å². The van der Waals surface area contributed by atoms with Crippen molar-refractivity contribution in [3.63, 3.8) is 0 Å². The highest BCUT2D eigenvalue weighted by Crippen LogP contribution is 2.29. The van der Waals surface area contributed by atoms with Crippen molar-refractivity contribution < 1.29 is 9.53 Å². The van der Waals surface area contributed by atoms with E-state index >= 15 is 0 Å². The van der Waals surface area contributed by atoms with Crippen molar-refractivity contribution in [3.05, 3.63) is 11.4 Å². The first-order valence-corrected chi connectivity index (χ1v) is 10.0. The van der Waals surface area contributed by atoms with E-state index in [0.717, 1.165) is 68.2 Å². The number of hydrogen-bond acceptors (Lipinski definition) is 5. The summed E-state index contributed by atoms with van der Waals surface area (Å²) >= 11 is 1.44. The van der Waals surface area contributed by atoms with E-state index < -0.39 is 5.54 Å². The maximum Gasteiger partial charge on any atom is 0.231 e. The number of thioether (sulfide) groups is 1. The second-order valence-corrected chi connectivity index (χ2v) is 7.99. The molecular formula is C18H26N4O2S. The van der Waals surface area contributed by atoms with Crippen LogP contribution in [-0.4, -0.2) is 39.5 Å². The molecule has 25 heavy (non-hydrogen) atoms. The molecule has 1 aliphatic carbocycles. The van der Waals surface area contributed by atoms with Crippen molar-refractivity contribution in [2.45, 2.75) is 75.7 Å². The largest absolute Gasteiger partial charge is 0.376 e. The zero-order valence-electron chi connectivity index (χ0n) is 15.0. The molecule has 0 spiro atoms. The first-order valence-electron chi connectivity index (χ1n) is 9.03. The molecule has 136 valence electrons. The van der Waals surface area contributed by atoms with Crippen LogP contribution in [0.3, 0.4) is 0 Å². The van der Waals surface area contributed by atoms with Crippen molar-refractivity contribution >= 4 is 17.7 Å². The Balaban J connectivity index is 1.61. The van der Waals surface area contributed by atoms with Crippen LogP contribution in [-0.2, 0) is 16.1 Å². The van der Waals surface area contributed by atoms with Gasteiger partial charge >= 0.3 is 0 Å². The molecule has 6 nitrogen and oxygen atoms in total. The summed E-state index contributed by atoms with van der Waals surface area (Å²) in [6, 6.07) is 2.30. The number of imidazole rings is 1. The molecule has 1 saturated heterocycles. The summed E-state index contributed by atoms with van der Waals surface area (Å²) < 4.78 is 7.91. The molecule has 1 aliphatic heterocycles. The monoisotopic (exact) mass is 362 g/mol. The predicted molar refractivity (Wildman–Crippen MR) is 96.4 cm³/mol. The fourth-order valence-corrected chi connectivity index (χ4v) is 4.52. The maximum atomic E-state index is 12.3. The Hall–Kier alpha value is -1.52. The molecule has 1 N–H and O–H groups in total. The van der Waals surface area contributed by atoms with Gasteiger partial charge in [-0.15, -0.1) is 0 Å². The normalized spacial score (nSPS) is 22.0. The highest BCUT2D eigenvalue weighted by atomic mass is 32.2. The Morgan fingerprint density at radius 2 is 2.20 bits per heavy atom. The number of amides is 1. The average Bonchev–Trinajstić information content (AvgIpc) is 3.32. The van der Waals surface area contributed by atoms with Crippen LogP contribution in [0.25, 0.3) is 0 Å². The number of ether oxygens (including phenoxy) is 1. The van der Waals surface area contributed by atoms with Crippen LogP contribution < -0.4 is 5.32 Å². The minimum Gasteiger partial charge on any atom is -0.376 e. The first kappa shape index (κ1) is 18.3. The summed E-state index contributed by atoms with van der Waals surface area (Å²) in [6.45, 7) is 5.68. The van der Waals surface area contributed by atoms with E-state index in [1.165, 1.54) is 11.8 Å². The number of aromatic nitrogens is 2. The zero-order valence-corrected chi connectivity index (χ0v) is 15.8. The topological polar surface area (TPSA) is 79.9 Å². The smallest absolute Gasteiger partial charge is 0.231 e. The Labute approximate surface area is 153 Å². The second kappa shape index (κ2) is 7.79. The van der Waals surface area contributed by atoms with Crippen molar-refractivity contribution in [1.29, 1.82) is 5.26 Å². The van der Waals surface area contributed by atoms with Crippen LogP contribution in [0.1, 0.15) is 49.9 Å². The summed E-state index contributed by atoms with van der Waals surface area (Å²) in [4.78, 5) is 17.0. The van der Waals surface area contributed by atoms with Crippen LogP contribution >= 0.6 is 11.8 Å². The summed E-state index contributed by atoms with van der Waals surface area (Å²) in [5.41, 5.74) is 1.46. The van der Waals surface area contributed by atoms with Gasteiger partial charge in [0.15, 0.2) is 5.16 Å². The Kier molecular flexibility index (Phi) is 5.70. The quantitative estimate of drug-likeness (QED) is 0.787. The van der Waals surface area contributed by atoms with E-state index in [2.05, 4.69) is 27.9 Å². The number of nitriles is 1. The van der Waals surface area contributed by atoms with E-state index in [-0.39, 0.29) is 17.8 Å². The Bertz CT molecular complexity index is 667. The van der Waals surface area contributed by atoms with E-state index in [4.69, 9.17) is 4.74 Å². The van der Waals surface area contributed by atoms with Gasteiger partial charge in [-0.3, -0.25) is 4.79 Å². The fourth-order valence-electron chi connectivity index (χ4n) is 3.62. The summed E-state index contributed by atoms with van der Waals surface area (Å²) in [5, 5.41) is 13.2. The molecule has 1 aromatic rings. The van der Waals surface area contributed by atoms with E-state index in [9.17, 15) is 10.1 Å². The van der Waals surface area contributed by atoms with Crippen LogP contribution in [0.5, 0.6) is 0 Å². The molecule has 2 heterocycles. The Morgan fingerprint density at radius 1 is 1.44 bits per heavy atom. The molecule has 1 saturated carbocycles. The number of hydrogen-bond donors (Lipinski definition) is 1. The maximum absolute atomic E-state index is 12.3. The molecule has 2 aliphatic rings. The predicted octanol–water partition coefficient (Wildman–Crippen LogP) is 2.72. The molecule has 1 amide bonds. The number of carbonyl (C=O) groups is 1. The SMILES string of the molecule is Cc1nc(SCC(=O)NC2(C#N)CCCC2)n(CC2CCCO2)c1C. The highest BCUT2D eigenvalue weighted by Gasteiger charge is 2.35. The highest BCUT2D eigenvalue weighted by molar-refractivity contribution is 7.99. The molecule has 1 aromatic heterocycles. The third-order valence-electron chi connectivity index (χ3n) is 5.22. The number of nitrogens with one attached hydrogen (secondary N) is 1. The fraction of sp³-hybridized carbons (Fsp3) is 0.722. The number of nitrogens with zero attached hydrogens (tertiary/aromatic N) is 3. The van der Waals surface area contributed by atoms with Gasteiger partial charge in [-0.25, -0.2) is 4.98 Å². The minimum absolute atomic E-state index is 0.0876. The van der Waals surface area contributed by atoms with Crippen molar-refractivity contribution in [1.82, 2.24) is 14.9 Å². The van der Waals surface area contributed by atoms with Crippen molar-refractivity contribution in [2.75, 3.05) is 12.4 Å². The first-order chi connectivity index (χ1) is 12.0. The van der Waals surface area contributed by atoms with Gasteiger partial charge in [0.25, 0.3) is 0 Å². The molecule has 0 aromatic carbocycles.